The number of carboxylic acid groups (broad SMARTS) is 1. The Balaban J connectivity index is 2.15. The van der Waals surface area contributed by atoms with Crippen LogP contribution in [0.15, 0.2) is 24.3 Å². The minimum Gasteiger partial charge on any atom is -0.481 e. The zero-order valence-corrected chi connectivity index (χ0v) is 9.52. The second-order valence-electron chi connectivity index (χ2n) is 4.23. The minimum absolute atomic E-state index is 0.260. The van der Waals surface area contributed by atoms with Gasteiger partial charge in [-0.2, -0.15) is 0 Å². The molecule has 0 saturated heterocycles. The lowest BCUT2D eigenvalue weighted by molar-refractivity contribution is -0.137. The molecule has 0 amide bonds. The van der Waals surface area contributed by atoms with Gasteiger partial charge in [-0.1, -0.05) is 18.2 Å². The molecule has 2 rings (SSSR count). The molecule has 1 atom stereocenters. The van der Waals surface area contributed by atoms with E-state index in [1.54, 1.807) is 0 Å². The summed E-state index contributed by atoms with van der Waals surface area (Å²) in [6.07, 6.45) is 0.999. The van der Waals surface area contributed by atoms with Crippen molar-refractivity contribution in [2.24, 2.45) is 0 Å². The molecule has 1 aromatic rings. The van der Waals surface area contributed by atoms with E-state index in [0.717, 1.165) is 19.5 Å². The first kappa shape index (κ1) is 11.0. The Hall–Kier alpha value is -1.51. The van der Waals surface area contributed by atoms with E-state index in [-0.39, 0.29) is 6.42 Å². The number of carbonyl (C=O) groups is 1. The van der Waals surface area contributed by atoms with Crippen LogP contribution in [0.1, 0.15) is 31.2 Å². The summed E-state index contributed by atoms with van der Waals surface area (Å²) in [7, 11) is 0. The number of aliphatic carboxylic acids is 1. The van der Waals surface area contributed by atoms with Crippen molar-refractivity contribution in [1.29, 1.82) is 0 Å². The van der Waals surface area contributed by atoms with Crippen LogP contribution in [0.4, 0.5) is 5.69 Å². The van der Waals surface area contributed by atoms with Crippen molar-refractivity contribution < 1.29 is 9.90 Å². The van der Waals surface area contributed by atoms with E-state index in [1.807, 2.05) is 12.1 Å². The molecule has 3 nitrogen and oxygen atoms in total. The number of benzene rings is 1. The summed E-state index contributed by atoms with van der Waals surface area (Å²) in [5, 5.41) is 8.73. The van der Waals surface area contributed by atoms with Crippen molar-refractivity contribution in [3.05, 3.63) is 29.8 Å². The van der Waals surface area contributed by atoms with Crippen molar-refractivity contribution in [1.82, 2.24) is 0 Å². The highest BCUT2D eigenvalue weighted by Crippen LogP contribution is 2.38. The molecule has 0 aliphatic carbocycles. The SMILES string of the molecule is CCN1CC(CCC(=O)O)c2ccccc21. The van der Waals surface area contributed by atoms with E-state index < -0.39 is 5.97 Å². The van der Waals surface area contributed by atoms with Gasteiger partial charge in [0, 0.05) is 31.1 Å². The van der Waals surface area contributed by atoms with Crippen LogP contribution in [-0.4, -0.2) is 24.2 Å². The molecule has 0 saturated carbocycles. The molecule has 86 valence electrons. The van der Waals surface area contributed by atoms with Crippen LogP contribution in [0, 0.1) is 0 Å². The Morgan fingerprint density at radius 3 is 2.94 bits per heavy atom. The molecule has 1 heterocycles. The average Bonchev–Trinajstić information content (AvgIpc) is 2.65. The van der Waals surface area contributed by atoms with Gasteiger partial charge in [0.15, 0.2) is 0 Å². The Labute approximate surface area is 95.7 Å². The second kappa shape index (κ2) is 4.56. The van der Waals surface area contributed by atoms with E-state index in [0.29, 0.717) is 5.92 Å². The van der Waals surface area contributed by atoms with Crippen LogP contribution >= 0.6 is 0 Å². The Kier molecular flexibility index (Phi) is 3.13. The van der Waals surface area contributed by atoms with E-state index in [4.69, 9.17) is 5.11 Å². The zero-order chi connectivity index (χ0) is 11.5. The highest BCUT2D eigenvalue weighted by Gasteiger charge is 2.27. The second-order valence-corrected chi connectivity index (χ2v) is 4.23. The molecule has 0 aromatic heterocycles. The lowest BCUT2D eigenvalue weighted by Crippen LogP contribution is -2.21. The predicted molar refractivity (Wildman–Crippen MR) is 63.9 cm³/mol. The fourth-order valence-electron chi connectivity index (χ4n) is 2.43. The van der Waals surface area contributed by atoms with E-state index in [9.17, 15) is 4.79 Å². The van der Waals surface area contributed by atoms with Gasteiger partial charge in [0.1, 0.15) is 0 Å². The Bertz CT molecular complexity index is 389. The standard InChI is InChI=1S/C13H17NO2/c1-2-14-9-10(7-8-13(15)16)11-5-3-4-6-12(11)14/h3-6,10H,2,7-9H2,1H3,(H,15,16). The first-order chi connectivity index (χ1) is 7.72. The third kappa shape index (κ3) is 2.03. The highest BCUT2D eigenvalue weighted by atomic mass is 16.4. The maximum atomic E-state index is 10.6. The maximum Gasteiger partial charge on any atom is 0.303 e. The third-order valence-electron chi connectivity index (χ3n) is 3.25. The topological polar surface area (TPSA) is 40.5 Å². The van der Waals surface area contributed by atoms with E-state index >= 15 is 0 Å². The molecule has 0 bridgehead atoms. The first-order valence-corrected chi connectivity index (χ1v) is 5.78. The number of fused-ring (bicyclic) bond motifs is 1. The number of para-hydroxylation sites is 1. The normalized spacial score (nSPS) is 18.6. The number of hydrogen-bond acceptors (Lipinski definition) is 2. The molecule has 1 aliphatic rings. The lowest BCUT2D eigenvalue weighted by atomic mass is 9.96. The summed E-state index contributed by atoms with van der Waals surface area (Å²) < 4.78 is 0. The van der Waals surface area contributed by atoms with Gasteiger partial charge < -0.3 is 10.0 Å². The molecule has 0 radical (unpaired) electrons. The van der Waals surface area contributed by atoms with Gasteiger partial charge in [0.25, 0.3) is 0 Å². The van der Waals surface area contributed by atoms with Crippen LogP contribution in [0.5, 0.6) is 0 Å². The number of rotatable bonds is 4. The third-order valence-corrected chi connectivity index (χ3v) is 3.25. The fraction of sp³-hybridized carbons (Fsp3) is 0.462. The van der Waals surface area contributed by atoms with Crippen molar-refractivity contribution in [2.45, 2.75) is 25.7 Å². The molecule has 1 aromatic carbocycles. The van der Waals surface area contributed by atoms with Crippen LogP contribution in [0.3, 0.4) is 0 Å². The van der Waals surface area contributed by atoms with Gasteiger partial charge in [-0.15, -0.1) is 0 Å². The highest BCUT2D eigenvalue weighted by molar-refractivity contribution is 5.67. The van der Waals surface area contributed by atoms with Gasteiger partial charge in [-0.25, -0.2) is 0 Å². The smallest absolute Gasteiger partial charge is 0.303 e. The van der Waals surface area contributed by atoms with E-state index in [1.165, 1.54) is 11.3 Å². The number of likely N-dealkylation sites (N-methyl/N-ethyl adjacent to an activating group) is 1. The van der Waals surface area contributed by atoms with Gasteiger partial charge in [0.2, 0.25) is 0 Å². The molecular formula is C13H17NO2. The zero-order valence-electron chi connectivity index (χ0n) is 9.52. The van der Waals surface area contributed by atoms with E-state index in [2.05, 4.69) is 24.0 Å². The van der Waals surface area contributed by atoms with Crippen LogP contribution < -0.4 is 4.90 Å². The lowest BCUT2D eigenvalue weighted by Gasteiger charge is -2.16. The molecule has 16 heavy (non-hydrogen) atoms. The van der Waals surface area contributed by atoms with Gasteiger partial charge in [-0.3, -0.25) is 4.79 Å². The Morgan fingerprint density at radius 1 is 1.50 bits per heavy atom. The largest absolute Gasteiger partial charge is 0.481 e. The monoisotopic (exact) mass is 219 g/mol. The molecule has 1 aliphatic heterocycles. The first-order valence-electron chi connectivity index (χ1n) is 5.78. The molecule has 1 unspecified atom stereocenters. The van der Waals surface area contributed by atoms with Crippen molar-refractivity contribution >= 4 is 11.7 Å². The summed E-state index contributed by atoms with van der Waals surface area (Å²) in [5.41, 5.74) is 2.59. The fourth-order valence-corrected chi connectivity index (χ4v) is 2.43. The molecule has 0 spiro atoms. The molecule has 0 fully saturated rings. The number of hydrogen-bond donors (Lipinski definition) is 1. The molecular weight excluding hydrogens is 202 g/mol. The van der Waals surface area contributed by atoms with Gasteiger partial charge in [0.05, 0.1) is 0 Å². The average molecular weight is 219 g/mol. The maximum absolute atomic E-state index is 10.6. The van der Waals surface area contributed by atoms with Crippen molar-refractivity contribution in [2.75, 3.05) is 18.0 Å². The predicted octanol–water partition coefficient (Wildman–Crippen LogP) is 2.47. The number of carboxylic acids is 1. The van der Waals surface area contributed by atoms with Crippen molar-refractivity contribution in [3.8, 4) is 0 Å². The quantitative estimate of drug-likeness (QED) is 0.845. The minimum atomic E-state index is -0.701. The summed E-state index contributed by atoms with van der Waals surface area (Å²) in [5.74, 6) is -0.320. The number of anilines is 1. The summed E-state index contributed by atoms with van der Waals surface area (Å²) in [4.78, 5) is 12.9. The Morgan fingerprint density at radius 2 is 2.25 bits per heavy atom. The molecule has 3 heteroatoms. The van der Waals surface area contributed by atoms with Crippen LogP contribution in [0.2, 0.25) is 0 Å². The van der Waals surface area contributed by atoms with Gasteiger partial charge >= 0.3 is 5.97 Å². The van der Waals surface area contributed by atoms with Crippen molar-refractivity contribution in [3.63, 3.8) is 0 Å². The summed E-state index contributed by atoms with van der Waals surface area (Å²) >= 11 is 0. The number of nitrogens with zero attached hydrogens (tertiary/aromatic N) is 1. The van der Waals surface area contributed by atoms with Crippen LogP contribution in [-0.2, 0) is 4.79 Å². The van der Waals surface area contributed by atoms with Crippen LogP contribution in [0.25, 0.3) is 0 Å². The summed E-state index contributed by atoms with van der Waals surface area (Å²) in [6.45, 7) is 4.08. The van der Waals surface area contributed by atoms with Gasteiger partial charge in [-0.05, 0) is 25.0 Å². The molecule has 1 N–H and O–H groups in total. The summed E-state index contributed by atoms with van der Waals surface area (Å²) in [6, 6.07) is 8.32.